The summed E-state index contributed by atoms with van der Waals surface area (Å²) in [5, 5.41) is 0. The number of nitrogens with zero attached hydrogens (tertiary/aromatic N) is 2. The Morgan fingerprint density at radius 3 is 2.47 bits per heavy atom. The van der Waals surface area contributed by atoms with Crippen molar-refractivity contribution in [2.24, 2.45) is 4.99 Å². The van der Waals surface area contributed by atoms with Crippen LogP contribution in [0.5, 0.6) is 5.75 Å². The number of ether oxygens (including phenoxy) is 2. The van der Waals surface area contributed by atoms with Crippen molar-refractivity contribution in [2.75, 3.05) is 13.2 Å². The van der Waals surface area contributed by atoms with Gasteiger partial charge in [-0.1, -0.05) is 53.8 Å². The quantitative estimate of drug-likeness (QED) is 0.543. The highest BCUT2D eigenvalue weighted by atomic mass is 32.1. The number of aromatic nitrogens is 1. The number of esters is 1. The van der Waals surface area contributed by atoms with Crippen molar-refractivity contribution < 1.29 is 14.3 Å². The van der Waals surface area contributed by atoms with E-state index in [4.69, 9.17) is 9.47 Å². The molecule has 0 radical (unpaired) electrons. The predicted octanol–water partition coefficient (Wildman–Crippen LogP) is 3.20. The minimum absolute atomic E-state index is 0.189. The Morgan fingerprint density at radius 1 is 1.09 bits per heavy atom. The molecule has 4 rings (SSSR count). The van der Waals surface area contributed by atoms with Gasteiger partial charge in [-0.3, -0.25) is 9.36 Å². The van der Waals surface area contributed by atoms with Gasteiger partial charge in [-0.25, -0.2) is 9.79 Å². The van der Waals surface area contributed by atoms with E-state index in [1.54, 1.807) is 18.4 Å². The molecule has 2 aromatic carbocycles. The van der Waals surface area contributed by atoms with Gasteiger partial charge in [-0.05, 0) is 50.1 Å². The van der Waals surface area contributed by atoms with Gasteiger partial charge in [0.15, 0.2) is 4.80 Å². The number of fused-ring (bicyclic) bond motifs is 1. The summed E-state index contributed by atoms with van der Waals surface area (Å²) in [5.74, 6) is 0.327. The molecule has 3 aromatic rings. The molecule has 0 N–H and O–H groups in total. The molecule has 0 amide bonds. The molecule has 0 saturated heterocycles. The average Bonchev–Trinajstić information content (AvgIpc) is 3.09. The topological polar surface area (TPSA) is 69.9 Å². The summed E-state index contributed by atoms with van der Waals surface area (Å²) < 4.78 is 12.9. The smallest absolute Gasteiger partial charge is 0.338 e. The minimum Gasteiger partial charge on any atom is -0.494 e. The highest BCUT2D eigenvalue weighted by Crippen LogP contribution is 2.30. The maximum atomic E-state index is 13.5. The predicted molar refractivity (Wildman–Crippen MR) is 124 cm³/mol. The zero-order chi connectivity index (χ0) is 22.7. The summed E-state index contributed by atoms with van der Waals surface area (Å²) in [6.45, 7) is 6.33. The van der Waals surface area contributed by atoms with Gasteiger partial charge in [0.2, 0.25) is 0 Å². The third-order valence-corrected chi connectivity index (χ3v) is 6.10. The minimum atomic E-state index is -0.589. The fourth-order valence-electron chi connectivity index (χ4n) is 3.72. The van der Waals surface area contributed by atoms with E-state index in [0.717, 1.165) is 16.9 Å². The molecule has 1 aromatic heterocycles. The zero-order valence-electron chi connectivity index (χ0n) is 18.2. The molecule has 7 heteroatoms. The summed E-state index contributed by atoms with van der Waals surface area (Å²) >= 11 is 1.31. The highest BCUT2D eigenvalue weighted by molar-refractivity contribution is 7.07. The van der Waals surface area contributed by atoms with E-state index in [2.05, 4.69) is 4.99 Å². The third-order valence-electron chi connectivity index (χ3n) is 5.12. The average molecular weight is 449 g/mol. The number of carbonyl (C=O) groups is 1. The van der Waals surface area contributed by atoms with Crippen LogP contribution in [-0.2, 0) is 9.53 Å². The van der Waals surface area contributed by atoms with E-state index in [0.29, 0.717) is 27.2 Å². The zero-order valence-corrected chi connectivity index (χ0v) is 19.0. The van der Waals surface area contributed by atoms with Crippen molar-refractivity contribution in [3.05, 3.63) is 96.7 Å². The van der Waals surface area contributed by atoms with E-state index in [9.17, 15) is 9.59 Å². The number of hydrogen-bond acceptors (Lipinski definition) is 6. The standard InChI is InChI=1S/C25H24N2O4S/c1-4-30-19-13-11-17(12-14-19)15-20-23(28)27-22(18-9-7-6-8-10-18)21(24(29)31-5-2)16(3)26-25(27)32-20/h6-15,22H,4-5H2,1-3H3/b20-15+/t22-/m0/s1. The lowest BCUT2D eigenvalue weighted by Crippen LogP contribution is -2.39. The maximum absolute atomic E-state index is 13.5. The molecule has 0 spiro atoms. The molecule has 1 aliphatic rings. The van der Waals surface area contributed by atoms with Gasteiger partial charge < -0.3 is 9.47 Å². The number of hydrogen-bond donors (Lipinski definition) is 0. The molecule has 0 unspecified atom stereocenters. The van der Waals surface area contributed by atoms with Gasteiger partial charge in [0.25, 0.3) is 5.56 Å². The summed E-state index contributed by atoms with van der Waals surface area (Å²) in [4.78, 5) is 31.5. The second kappa shape index (κ2) is 9.36. The van der Waals surface area contributed by atoms with Crippen LogP contribution in [0.3, 0.4) is 0 Å². The molecule has 164 valence electrons. The lowest BCUT2D eigenvalue weighted by Gasteiger charge is -2.24. The first-order valence-corrected chi connectivity index (χ1v) is 11.3. The Hall–Kier alpha value is -3.45. The number of rotatable bonds is 6. The molecule has 6 nitrogen and oxygen atoms in total. The number of carbonyl (C=O) groups excluding carboxylic acids is 1. The van der Waals surface area contributed by atoms with Gasteiger partial charge in [0, 0.05) is 0 Å². The molecular formula is C25H24N2O4S. The molecule has 0 fully saturated rings. The SMILES string of the molecule is CCOC(=O)C1=C(C)N=c2s/c(=C/c3ccc(OCC)cc3)c(=O)n2[C@H]1c1ccccc1. The monoisotopic (exact) mass is 448 g/mol. The molecular weight excluding hydrogens is 424 g/mol. The van der Waals surface area contributed by atoms with Crippen molar-refractivity contribution in [3.8, 4) is 5.75 Å². The molecule has 0 saturated carbocycles. The van der Waals surface area contributed by atoms with Gasteiger partial charge >= 0.3 is 5.97 Å². The molecule has 32 heavy (non-hydrogen) atoms. The Labute approximate surface area is 189 Å². The fourth-order valence-corrected chi connectivity index (χ4v) is 4.77. The number of allylic oxidation sites excluding steroid dienone is 1. The first-order valence-electron chi connectivity index (χ1n) is 10.5. The second-order valence-corrected chi connectivity index (χ2v) is 8.22. The van der Waals surface area contributed by atoms with Crippen LogP contribution < -0.4 is 19.6 Å². The molecule has 2 heterocycles. The Bertz CT molecular complexity index is 1340. The van der Waals surface area contributed by atoms with E-state index in [-0.39, 0.29) is 12.2 Å². The summed E-state index contributed by atoms with van der Waals surface area (Å²) in [7, 11) is 0. The fraction of sp³-hybridized carbons (Fsp3) is 0.240. The van der Waals surface area contributed by atoms with Crippen molar-refractivity contribution >= 4 is 23.4 Å². The van der Waals surface area contributed by atoms with Crippen molar-refractivity contribution in [3.63, 3.8) is 0 Å². The lowest BCUT2D eigenvalue weighted by molar-refractivity contribution is -0.139. The Kier molecular flexibility index (Phi) is 6.37. The van der Waals surface area contributed by atoms with Crippen LogP contribution in [0, 0.1) is 0 Å². The van der Waals surface area contributed by atoms with E-state index in [1.807, 2.05) is 67.6 Å². The highest BCUT2D eigenvalue weighted by Gasteiger charge is 2.33. The summed E-state index contributed by atoms with van der Waals surface area (Å²) in [6, 6.07) is 16.5. The largest absolute Gasteiger partial charge is 0.494 e. The molecule has 0 aliphatic carbocycles. The van der Waals surface area contributed by atoms with Crippen LogP contribution in [0.1, 0.15) is 37.9 Å². The van der Waals surface area contributed by atoms with Crippen molar-refractivity contribution in [1.29, 1.82) is 0 Å². The molecule has 0 bridgehead atoms. The van der Waals surface area contributed by atoms with Gasteiger partial charge in [0.05, 0.1) is 35.1 Å². The van der Waals surface area contributed by atoms with Crippen LogP contribution >= 0.6 is 11.3 Å². The van der Waals surface area contributed by atoms with Crippen molar-refractivity contribution in [1.82, 2.24) is 4.57 Å². The normalized spacial score (nSPS) is 15.8. The number of benzene rings is 2. The van der Waals surface area contributed by atoms with E-state index >= 15 is 0 Å². The van der Waals surface area contributed by atoms with Crippen LogP contribution in [0.15, 0.2) is 75.7 Å². The lowest BCUT2D eigenvalue weighted by atomic mass is 9.96. The Balaban J connectivity index is 1.87. The first-order chi connectivity index (χ1) is 15.5. The van der Waals surface area contributed by atoms with Crippen molar-refractivity contribution in [2.45, 2.75) is 26.8 Å². The summed E-state index contributed by atoms with van der Waals surface area (Å²) in [5.41, 5.74) is 2.48. The maximum Gasteiger partial charge on any atom is 0.338 e. The molecule has 1 atom stereocenters. The van der Waals surface area contributed by atoms with Gasteiger partial charge in [-0.2, -0.15) is 0 Å². The number of thiazole rings is 1. The van der Waals surface area contributed by atoms with Crippen LogP contribution in [0.2, 0.25) is 0 Å². The molecule has 1 aliphatic heterocycles. The summed E-state index contributed by atoms with van der Waals surface area (Å²) in [6.07, 6.45) is 1.84. The Morgan fingerprint density at radius 2 is 1.81 bits per heavy atom. The van der Waals surface area contributed by atoms with Crippen LogP contribution in [0.4, 0.5) is 0 Å². The van der Waals surface area contributed by atoms with Crippen LogP contribution in [-0.4, -0.2) is 23.8 Å². The van der Waals surface area contributed by atoms with Gasteiger partial charge in [-0.15, -0.1) is 0 Å². The van der Waals surface area contributed by atoms with E-state index < -0.39 is 12.0 Å². The van der Waals surface area contributed by atoms with Gasteiger partial charge in [0.1, 0.15) is 5.75 Å². The second-order valence-electron chi connectivity index (χ2n) is 7.22. The third kappa shape index (κ3) is 4.16. The van der Waals surface area contributed by atoms with Crippen LogP contribution in [0.25, 0.3) is 6.08 Å². The van der Waals surface area contributed by atoms with E-state index in [1.165, 1.54) is 11.3 Å². The first kappa shape index (κ1) is 21.8.